The molecule has 4 rings (SSSR count). The fraction of sp³-hybridized carbons (Fsp3) is 0.547. The Morgan fingerprint density at radius 2 is 0.686 bits per heavy atom. The number of aromatic nitrogens is 1. The van der Waals surface area contributed by atoms with E-state index in [1.165, 1.54) is 6.92 Å². The number of ketones is 6. The third-order valence-electron chi connectivity index (χ3n) is 18.7. The van der Waals surface area contributed by atoms with Gasteiger partial charge in [0.1, 0.15) is 5.78 Å². The van der Waals surface area contributed by atoms with E-state index >= 15 is 14.4 Å². The SMILES string of the molecule is CC(=O)[C@H](CCC(N)N)NC(=O)[C@H](CCC(N)=O)CC(=O)[C@H](CCCN)NC(=O)[C@@H](CC(=O)[C@H](CCCN)NC(=O)[C@@H](CC(=O)[C@H](CCCN)NC(=O)[C@@H](CC(=O)[C@H](CCCN)NC(=O)[C@H](CCC(N)=O)CC(=O)[C@@H](N)CCC(N)=O)Cc1ccccc1)Cc1c[nH]c2ccccc12)Cc1ccccc1. The molecule has 3 aromatic carbocycles. The van der Waals surface area contributed by atoms with Crippen molar-refractivity contribution in [3.63, 3.8) is 0 Å². The number of nitrogens with two attached hydrogens (primary N) is 10. The molecule has 0 unspecified atom stereocenters. The van der Waals surface area contributed by atoms with Crippen LogP contribution in [0.3, 0.4) is 0 Å². The van der Waals surface area contributed by atoms with Gasteiger partial charge >= 0.3 is 0 Å². The second-order valence-corrected chi connectivity index (χ2v) is 27.3. The zero-order chi connectivity index (χ0) is 77.5. The first-order chi connectivity index (χ1) is 50.1. The van der Waals surface area contributed by atoms with Crippen molar-refractivity contribution in [3.05, 3.63) is 108 Å². The highest BCUT2D eigenvalue weighted by atomic mass is 16.2. The number of nitrogens with one attached hydrogen (secondary N) is 6. The number of fused-ring (bicyclic) bond motifs is 1. The number of para-hydroxylation sites is 1. The Morgan fingerprint density at radius 1 is 0.362 bits per heavy atom. The molecule has 0 saturated heterocycles. The van der Waals surface area contributed by atoms with Gasteiger partial charge in [-0.2, -0.15) is 0 Å². The molecular weight excluding hydrogens is 1350 g/mol. The first-order valence-electron chi connectivity index (χ1n) is 36.3. The van der Waals surface area contributed by atoms with Crippen molar-refractivity contribution in [1.82, 2.24) is 31.6 Å². The summed E-state index contributed by atoms with van der Waals surface area (Å²) in [4.78, 5) is 197. The summed E-state index contributed by atoms with van der Waals surface area (Å²) in [5.74, 6) is -15.1. The monoisotopic (exact) mass is 1460 g/mol. The van der Waals surface area contributed by atoms with Gasteiger partial charge in [0.2, 0.25) is 47.3 Å². The number of primary amides is 3. The Kier molecular flexibility index (Phi) is 39.6. The van der Waals surface area contributed by atoms with E-state index in [-0.39, 0.29) is 148 Å². The van der Waals surface area contributed by atoms with Crippen LogP contribution in [-0.4, -0.2) is 156 Å². The summed E-state index contributed by atoms with van der Waals surface area (Å²) in [7, 11) is 0. The lowest BCUT2D eigenvalue weighted by atomic mass is 9.87. The van der Waals surface area contributed by atoms with Gasteiger partial charge in [-0.3, -0.25) is 67.1 Å². The van der Waals surface area contributed by atoms with Crippen molar-refractivity contribution < 1.29 is 67.1 Å². The second-order valence-electron chi connectivity index (χ2n) is 27.3. The van der Waals surface area contributed by atoms with Gasteiger partial charge < -0.3 is 88.9 Å². The van der Waals surface area contributed by atoms with E-state index in [9.17, 15) is 52.7 Å². The first kappa shape index (κ1) is 88.1. The largest absolute Gasteiger partial charge is 0.370 e. The number of Topliss-reactive ketones (excluding diaryl/α,β-unsaturated/α-hetero) is 6. The summed E-state index contributed by atoms with van der Waals surface area (Å²) in [6.45, 7) is 1.66. The molecule has 4 aromatic rings. The molecule has 0 aliphatic heterocycles. The smallest absolute Gasteiger partial charge is 0.224 e. The highest BCUT2D eigenvalue weighted by molar-refractivity contribution is 5.99. The molecule has 0 saturated carbocycles. The molecule has 105 heavy (non-hydrogen) atoms. The number of H-pyrrole nitrogens is 1. The maximum atomic E-state index is 15.3. The maximum Gasteiger partial charge on any atom is 0.224 e. The average molecular weight is 1460 g/mol. The van der Waals surface area contributed by atoms with E-state index < -0.39 is 186 Å². The van der Waals surface area contributed by atoms with Crippen LogP contribution in [0.5, 0.6) is 0 Å². The van der Waals surface area contributed by atoms with Crippen LogP contribution in [0.4, 0.5) is 0 Å². The van der Waals surface area contributed by atoms with Gasteiger partial charge in [-0.15, -0.1) is 0 Å². The summed E-state index contributed by atoms with van der Waals surface area (Å²) >= 11 is 0. The number of carbonyl (C=O) groups excluding carboxylic acids is 14. The van der Waals surface area contributed by atoms with E-state index in [1.54, 1.807) is 72.9 Å². The van der Waals surface area contributed by atoms with E-state index in [0.717, 1.165) is 10.9 Å². The van der Waals surface area contributed by atoms with E-state index in [2.05, 4.69) is 31.6 Å². The standard InChI is InChI=1S/C75H112N16O14/c1-45(92)56(27-28-67(81)82)87-71(101)49(25-30-69(84)99)40-63(94)58(20-10-32-76)89-73(103)51(37-47-16-6-3-7-17-47)42-65(96)60(22-12-34-78)91-75(105)52(38-53-44-86-57-19-9-8-18-54(53)57)43-66(97)61(23-13-35-79)90-74(104)50(36-46-14-4-2-5-15-46)41-64(95)59(21-11-33-77)88-72(102)48(24-29-68(83)98)39-62(93)55(80)26-31-70(85)100/h2-9,14-19,44,48-52,55-56,58-61,67,86H,10-13,20-43,76-82H2,1H3,(H2,83,98)(H2,84,99)(H2,85,100)(H,87,101)(H,88,102)(H,89,103)(H,90,104)(H,91,105)/t48-,49-,50-,51-,52-,55+,56+,58+,59+,60+,61+/m1/s1. The molecule has 0 spiro atoms. The van der Waals surface area contributed by atoms with Crippen molar-refractivity contribution in [2.24, 2.45) is 86.9 Å². The Bertz CT molecular complexity index is 3520. The fourth-order valence-electron chi connectivity index (χ4n) is 12.5. The van der Waals surface area contributed by atoms with Gasteiger partial charge in [0.25, 0.3) is 0 Å². The number of hydrogen-bond acceptors (Lipinski definition) is 21. The van der Waals surface area contributed by atoms with Crippen LogP contribution in [0.25, 0.3) is 10.9 Å². The number of benzene rings is 3. The highest BCUT2D eigenvalue weighted by Gasteiger charge is 2.38. The molecule has 0 radical (unpaired) electrons. The van der Waals surface area contributed by atoms with Gasteiger partial charge in [0.15, 0.2) is 28.9 Å². The van der Waals surface area contributed by atoms with Crippen LogP contribution < -0.4 is 83.9 Å². The van der Waals surface area contributed by atoms with Crippen LogP contribution in [0.15, 0.2) is 91.1 Å². The quantitative estimate of drug-likeness (QED) is 0.0262. The van der Waals surface area contributed by atoms with E-state index in [1.807, 2.05) is 18.2 Å². The maximum absolute atomic E-state index is 15.3. The molecular formula is C75H112N16O14. The Labute approximate surface area is 613 Å². The van der Waals surface area contributed by atoms with Crippen LogP contribution in [-0.2, 0) is 86.4 Å². The van der Waals surface area contributed by atoms with Crippen molar-refractivity contribution in [2.45, 2.75) is 203 Å². The van der Waals surface area contributed by atoms with Crippen molar-refractivity contribution in [3.8, 4) is 0 Å². The minimum Gasteiger partial charge on any atom is -0.370 e. The third kappa shape index (κ3) is 32.3. The Morgan fingerprint density at radius 3 is 1.05 bits per heavy atom. The van der Waals surface area contributed by atoms with Crippen LogP contribution in [0, 0.1) is 29.6 Å². The van der Waals surface area contributed by atoms with E-state index in [4.69, 9.17) is 57.3 Å². The predicted octanol–water partition coefficient (Wildman–Crippen LogP) is 0.189. The van der Waals surface area contributed by atoms with Crippen LogP contribution >= 0.6 is 0 Å². The number of aromatic amines is 1. The lowest BCUT2D eigenvalue weighted by molar-refractivity contribution is -0.136. The van der Waals surface area contributed by atoms with Crippen LogP contribution in [0.1, 0.15) is 158 Å². The van der Waals surface area contributed by atoms with Gasteiger partial charge in [-0.25, -0.2) is 0 Å². The molecule has 8 amide bonds. The molecule has 0 aliphatic carbocycles. The lowest BCUT2D eigenvalue weighted by Gasteiger charge is -2.27. The topological polar surface area (TPSA) is 575 Å². The summed E-state index contributed by atoms with van der Waals surface area (Å²) < 4.78 is 0. The van der Waals surface area contributed by atoms with Gasteiger partial charge in [0, 0.05) is 98.1 Å². The summed E-state index contributed by atoms with van der Waals surface area (Å²) in [6, 6.07) is 17.6. The van der Waals surface area contributed by atoms with Crippen molar-refractivity contribution in [2.75, 3.05) is 26.2 Å². The minimum absolute atomic E-state index is 0.000748. The molecule has 30 heteroatoms. The molecule has 0 bridgehead atoms. The lowest BCUT2D eigenvalue weighted by Crippen LogP contribution is -2.49. The molecule has 1 heterocycles. The molecule has 1 aromatic heterocycles. The minimum atomic E-state index is -1.28. The zero-order valence-electron chi connectivity index (χ0n) is 60.4. The van der Waals surface area contributed by atoms with Gasteiger partial charge in [-0.1, -0.05) is 78.9 Å². The molecule has 0 fully saturated rings. The summed E-state index contributed by atoms with van der Waals surface area (Å²) in [6.07, 6.45) is -1.52. The number of rotatable bonds is 56. The average Bonchev–Trinajstić information content (AvgIpc) is 1.76. The summed E-state index contributed by atoms with van der Waals surface area (Å²) in [5.41, 5.74) is 60.3. The van der Waals surface area contributed by atoms with Crippen molar-refractivity contribution >= 4 is 92.9 Å². The molecule has 30 nitrogen and oxygen atoms in total. The third-order valence-corrected chi connectivity index (χ3v) is 18.7. The first-order valence-corrected chi connectivity index (χ1v) is 36.3. The zero-order valence-corrected chi connectivity index (χ0v) is 60.4. The van der Waals surface area contributed by atoms with E-state index in [0.29, 0.717) is 16.7 Å². The molecule has 26 N–H and O–H groups in total. The predicted molar refractivity (Wildman–Crippen MR) is 396 cm³/mol. The normalized spacial score (nSPS) is 14.5. The number of amides is 8. The molecule has 11 atom stereocenters. The second kappa shape index (κ2) is 47.2. The highest BCUT2D eigenvalue weighted by Crippen LogP contribution is 2.27. The van der Waals surface area contributed by atoms with Gasteiger partial charge in [0.05, 0.1) is 42.4 Å². The number of hydrogen-bond donors (Lipinski definition) is 16. The Balaban J connectivity index is 1.70. The Hall–Kier alpha value is -9.30. The molecule has 0 aliphatic rings. The summed E-state index contributed by atoms with van der Waals surface area (Å²) in [5, 5.41) is 14.8. The fourth-order valence-corrected chi connectivity index (χ4v) is 12.5. The number of carbonyl (C=O) groups is 14. The van der Waals surface area contributed by atoms with Crippen LogP contribution in [0.2, 0.25) is 0 Å². The van der Waals surface area contributed by atoms with Crippen molar-refractivity contribution in [1.29, 1.82) is 0 Å². The molecule has 576 valence electrons. The van der Waals surface area contributed by atoms with Gasteiger partial charge in [-0.05, 0) is 159 Å².